The van der Waals surface area contributed by atoms with Crippen molar-refractivity contribution in [2.45, 2.75) is 12.5 Å². The number of rotatable bonds is 4. The predicted molar refractivity (Wildman–Crippen MR) is 62.3 cm³/mol. The topological polar surface area (TPSA) is 127 Å². The molecule has 0 amide bonds. The molecule has 18 heavy (non-hydrogen) atoms. The van der Waals surface area contributed by atoms with Crippen LogP contribution in [0.3, 0.4) is 0 Å². The van der Waals surface area contributed by atoms with E-state index in [4.69, 9.17) is 10.8 Å². The first-order valence-corrected chi connectivity index (χ1v) is 6.70. The van der Waals surface area contributed by atoms with Gasteiger partial charge < -0.3 is 20.1 Å². The Morgan fingerprint density at radius 3 is 2.50 bits per heavy atom. The highest BCUT2D eigenvalue weighted by Crippen LogP contribution is 2.28. The summed E-state index contributed by atoms with van der Waals surface area (Å²) in [6.07, 6.45) is 0.389. The number of phenolic OH excluding ortho intramolecular Hbond substituents is 2. The van der Waals surface area contributed by atoms with Crippen molar-refractivity contribution in [2.24, 2.45) is 5.73 Å². The van der Waals surface area contributed by atoms with E-state index in [1.54, 1.807) is 0 Å². The summed E-state index contributed by atoms with van der Waals surface area (Å²) in [4.78, 5) is 11.2. The molecule has 0 radical (unpaired) electrons. The van der Waals surface area contributed by atoms with Crippen LogP contribution in [0.25, 0.3) is 0 Å². The summed E-state index contributed by atoms with van der Waals surface area (Å²) >= 11 is 0. The van der Waals surface area contributed by atoms with Crippen LogP contribution in [0.2, 0.25) is 0 Å². The van der Waals surface area contributed by atoms with E-state index in [0.29, 0.717) is 5.56 Å². The Balaban J connectivity index is 2.73. The maximum absolute atomic E-state index is 11.2. The van der Waals surface area contributed by atoms with E-state index >= 15 is 0 Å². The molecule has 1 aromatic carbocycles. The molecule has 0 aliphatic heterocycles. The molecule has 0 fully saturated rings. The van der Waals surface area contributed by atoms with Gasteiger partial charge in [-0.15, -0.1) is 0 Å². The molecule has 8 heteroatoms. The number of hydrogen-bond acceptors (Lipinski definition) is 7. The smallest absolute Gasteiger partial charge is 0.324 e. The lowest BCUT2D eigenvalue weighted by Crippen LogP contribution is -2.19. The van der Waals surface area contributed by atoms with E-state index in [9.17, 15) is 18.3 Å². The standard InChI is InChI=1S/C10H13NO6S/c1-18(15,16)17-10(14)5-7(11)6-2-3-8(12)9(13)4-6/h2-4,7,12-13H,5,11H2,1H3. The Morgan fingerprint density at radius 1 is 1.39 bits per heavy atom. The normalized spacial score (nSPS) is 13.0. The summed E-state index contributed by atoms with van der Waals surface area (Å²) in [5.41, 5.74) is 6.02. The van der Waals surface area contributed by atoms with Crippen LogP contribution in [0.5, 0.6) is 11.5 Å². The molecule has 0 saturated carbocycles. The Hall–Kier alpha value is -1.80. The maximum atomic E-state index is 11.2. The van der Waals surface area contributed by atoms with E-state index < -0.39 is 22.1 Å². The van der Waals surface area contributed by atoms with Gasteiger partial charge in [0.2, 0.25) is 0 Å². The zero-order valence-electron chi connectivity index (χ0n) is 9.53. The van der Waals surface area contributed by atoms with Crippen molar-refractivity contribution in [2.75, 3.05) is 6.26 Å². The molecule has 100 valence electrons. The quantitative estimate of drug-likeness (QED) is 0.521. The van der Waals surface area contributed by atoms with Gasteiger partial charge in [-0.1, -0.05) is 6.07 Å². The fourth-order valence-electron chi connectivity index (χ4n) is 1.27. The van der Waals surface area contributed by atoms with Crippen LogP contribution in [0.4, 0.5) is 0 Å². The van der Waals surface area contributed by atoms with Crippen LogP contribution < -0.4 is 5.73 Å². The molecular weight excluding hydrogens is 262 g/mol. The molecule has 0 aliphatic carbocycles. The Morgan fingerprint density at radius 2 is 2.00 bits per heavy atom. The largest absolute Gasteiger partial charge is 0.504 e. The Bertz CT molecular complexity index is 553. The maximum Gasteiger partial charge on any atom is 0.324 e. The number of carbonyl (C=O) groups excluding carboxylic acids is 1. The van der Waals surface area contributed by atoms with Gasteiger partial charge in [0.25, 0.3) is 0 Å². The Labute approximate surface area is 104 Å². The minimum absolute atomic E-state index is 0.315. The van der Waals surface area contributed by atoms with Gasteiger partial charge in [0.1, 0.15) is 0 Å². The molecule has 1 rings (SSSR count). The molecule has 7 nitrogen and oxygen atoms in total. The lowest BCUT2D eigenvalue weighted by atomic mass is 10.0. The van der Waals surface area contributed by atoms with Gasteiger partial charge in [0.05, 0.1) is 12.7 Å². The van der Waals surface area contributed by atoms with E-state index in [2.05, 4.69) is 4.18 Å². The van der Waals surface area contributed by atoms with Crippen molar-refractivity contribution >= 4 is 16.1 Å². The van der Waals surface area contributed by atoms with Crippen molar-refractivity contribution in [3.8, 4) is 11.5 Å². The zero-order valence-corrected chi connectivity index (χ0v) is 10.3. The summed E-state index contributed by atoms with van der Waals surface area (Å²) in [6, 6.07) is 2.97. The predicted octanol–water partition coefficient (Wildman–Crippen LogP) is -0.00950. The summed E-state index contributed by atoms with van der Waals surface area (Å²) in [6.45, 7) is 0. The number of phenols is 2. The molecule has 1 unspecified atom stereocenters. The first-order chi connectivity index (χ1) is 8.19. The fourth-order valence-corrected chi connectivity index (χ4v) is 1.68. The van der Waals surface area contributed by atoms with Crippen molar-refractivity contribution in [1.29, 1.82) is 0 Å². The molecule has 4 N–H and O–H groups in total. The second kappa shape index (κ2) is 5.23. The highest BCUT2D eigenvalue weighted by molar-refractivity contribution is 7.86. The first kappa shape index (κ1) is 14.3. The van der Waals surface area contributed by atoms with Crippen molar-refractivity contribution in [3.63, 3.8) is 0 Å². The molecular formula is C10H13NO6S. The molecule has 0 saturated heterocycles. The van der Waals surface area contributed by atoms with E-state index in [-0.39, 0.29) is 17.9 Å². The van der Waals surface area contributed by atoms with Crippen molar-refractivity contribution in [3.05, 3.63) is 23.8 Å². The molecule has 0 spiro atoms. The van der Waals surface area contributed by atoms with Gasteiger partial charge in [-0.2, -0.15) is 8.42 Å². The van der Waals surface area contributed by atoms with Crippen LogP contribution in [-0.4, -0.2) is 30.9 Å². The van der Waals surface area contributed by atoms with Crippen LogP contribution in [0, 0.1) is 0 Å². The monoisotopic (exact) mass is 275 g/mol. The van der Waals surface area contributed by atoms with E-state index in [1.165, 1.54) is 18.2 Å². The van der Waals surface area contributed by atoms with Gasteiger partial charge in [-0.05, 0) is 17.7 Å². The average Bonchev–Trinajstić information content (AvgIpc) is 2.18. The summed E-state index contributed by atoms with van der Waals surface area (Å²) < 4.78 is 25.5. The molecule has 1 atom stereocenters. The Kier molecular flexibility index (Phi) is 4.15. The van der Waals surface area contributed by atoms with Crippen LogP contribution in [0.15, 0.2) is 18.2 Å². The minimum Gasteiger partial charge on any atom is -0.504 e. The van der Waals surface area contributed by atoms with Gasteiger partial charge in [0, 0.05) is 6.04 Å². The lowest BCUT2D eigenvalue weighted by molar-refractivity contribution is -0.134. The highest BCUT2D eigenvalue weighted by atomic mass is 32.2. The summed E-state index contributed by atoms with van der Waals surface area (Å²) in [5, 5.41) is 18.4. The highest BCUT2D eigenvalue weighted by Gasteiger charge is 2.17. The third-order valence-electron chi connectivity index (χ3n) is 2.06. The second-order valence-corrected chi connectivity index (χ2v) is 5.29. The molecule has 0 aliphatic rings. The van der Waals surface area contributed by atoms with Crippen LogP contribution in [0.1, 0.15) is 18.0 Å². The molecule has 0 heterocycles. The van der Waals surface area contributed by atoms with Crippen LogP contribution >= 0.6 is 0 Å². The third kappa shape index (κ3) is 4.22. The first-order valence-electron chi connectivity index (χ1n) is 4.89. The molecule has 1 aromatic rings. The molecule has 0 aromatic heterocycles. The number of hydrogen-bond donors (Lipinski definition) is 3. The second-order valence-electron chi connectivity index (χ2n) is 3.72. The van der Waals surface area contributed by atoms with Gasteiger partial charge in [-0.25, -0.2) is 0 Å². The average molecular weight is 275 g/mol. The van der Waals surface area contributed by atoms with E-state index in [0.717, 1.165) is 6.26 Å². The number of benzene rings is 1. The minimum atomic E-state index is -3.86. The zero-order chi connectivity index (χ0) is 13.9. The SMILES string of the molecule is CS(=O)(=O)OC(=O)CC(N)c1ccc(O)c(O)c1. The third-order valence-corrected chi connectivity index (χ3v) is 2.55. The van der Waals surface area contributed by atoms with Crippen LogP contribution in [-0.2, 0) is 19.1 Å². The number of nitrogens with two attached hydrogens (primary N) is 1. The van der Waals surface area contributed by atoms with Gasteiger partial charge >= 0.3 is 16.1 Å². The summed E-state index contributed by atoms with van der Waals surface area (Å²) in [7, 11) is -3.86. The van der Waals surface area contributed by atoms with E-state index in [1.807, 2.05) is 0 Å². The molecule has 0 bridgehead atoms. The van der Waals surface area contributed by atoms with Gasteiger partial charge in [-0.3, -0.25) is 4.79 Å². The summed E-state index contributed by atoms with van der Waals surface area (Å²) in [5.74, 6) is -1.68. The number of carbonyl (C=O) groups is 1. The van der Waals surface area contributed by atoms with Crippen molar-refractivity contribution in [1.82, 2.24) is 0 Å². The van der Waals surface area contributed by atoms with Crippen molar-refractivity contribution < 1.29 is 27.6 Å². The number of aromatic hydroxyl groups is 2. The fraction of sp³-hybridized carbons (Fsp3) is 0.300. The lowest BCUT2D eigenvalue weighted by Gasteiger charge is -2.11. The van der Waals surface area contributed by atoms with Gasteiger partial charge in [0.15, 0.2) is 11.5 Å².